The third-order valence-electron chi connectivity index (χ3n) is 5.36. The summed E-state index contributed by atoms with van der Waals surface area (Å²) in [7, 11) is 0. The second-order valence-corrected chi connectivity index (χ2v) is 7.87. The first kappa shape index (κ1) is 21.6. The molecule has 0 radical (unpaired) electrons. The fourth-order valence-electron chi connectivity index (χ4n) is 3.78. The molecular formula is C26H27N3O3. The maximum absolute atomic E-state index is 13.2. The predicted molar refractivity (Wildman–Crippen MR) is 127 cm³/mol. The normalized spacial score (nSPS) is 13.5. The number of rotatable bonds is 6. The van der Waals surface area contributed by atoms with Crippen molar-refractivity contribution in [2.24, 2.45) is 0 Å². The molecule has 1 heterocycles. The number of aryl methyl sites for hydroxylation is 1. The van der Waals surface area contributed by atoms with Gasteiger partial charge >= 0.3 is 0 Å². The Hall–Kier alpha value is -3.64. The molecule has 2 N–H and O–H groups in total. The van der Waals surface area contributed by atoms with E-state index in [1.54, 1.807) is 6.07 Å². The zero-order valence-corrected chi connectivity index (χ0v) is 18.1. The minimum Gasteiger partial charge on any atom is -0.378 e. The SMILES string of the molecule is Cc1cccc(NC(=O)c2cc(NC(=O)Cc3ccccc3)ccc2N2CCOCC2)c1. The van der Waals surface area contributed by atoms with Crippen molar-refractivity contribution in [2.45, 2.75) is 13.3 Å². The van der Waals surface area contributed by atoms with Gasteiger partial charge in [0.25, 0.3) is 5.91 Å². The van der Waals surface area contributed by atoms with Gasteiger partial charge in [-0.1, -0.05) is 42.5 Å². The molecule has 2 amide bonds. The first-order valence-electron chi connectivity index (χ1n) is 10.8. The van der Waals surface area contributed by atoms with Crippen molar-refractivity contribution in [2.75, 3.05) is 41.8 Å². The van der Waals surface area contributed by atoms with Gasteiger partial charge in [-0.3, -0.25) is 9.59 Å². The van der Waals surface area contributed by atoms with Crippen LogP contribution in [0.25, 0.3) is 0 Å². The van der Waals surface area contributed by atoms with Crippen LogP contribution >= 0.6 is 0 Å². The van der Waals surface area contributed by atoms with Crippen molar-refractivity contribution in [3.63, 3.8) is 0 Å². The Morgan fingerprint density at radius 1 is 0.875 bits per heavy atom. The number of ether oxygens (including phenoxy) is 1. The molecule has 1 aliphatic heterocycles. The largest absolute Gasteiger partial charge is 0.378 e. The van der Waals surface area contributed by atoms with Crippen LogP contribution in [0.1, 0.15) is 21.5 Å². The van der Waals surface area contributed by atoms with Crippen molar-refractivity contribution >= 4 is 28.9 Å². The van der Waals surface area contributed by atoms with Gasteiger partial charge in [0.1, 0.15) is 0 Å². The molecule has 3 aromatic carbocycles. The van der Waals surface area contributed by atoms with Gasteiger partial charge < -0.3 is 20.3 Å². The summed E-state index contributed by atoms with van der Waals surface area (Å²) in [6.07, 6.45) is 0.275. The lowest BCUT2D eigenvalue weighted by Crippen LogP contribution is -2.37. The van der Waals surface area contributed by atoms with Crippen LogP contribution in [0.15, 0.2) is 72.8 Å². The molecule has 4 rings (SSSR count). The Morgan fingerprint density at radius 2 is 1.62 bits per heavy atom. The molecule has 0 aliphatic carbocycles. The first-order valence-corrected chi connectivity index (χ1v) is 10.8. The van der Waals surface area contributed by atoms with E-state index in [1.165, 1.54) is 0 Å². The van der Waals surface area contributed by atoms with Crippen LogP contribution in [-0.2, 0) is 16.0 Å². The van der Waals surface area contributed by atoms with E-state index in [4.69, 9.17) is 4.74 Å². The highest BCUT2D eigenvalue weighted by Gasteiger charge is 2.20. The summed E-state index contributed by atoms with van der Waals surface area (Å²) in [6, 6.07) is 22.8. The summed E-state index contributed by atoms with van der Waals surface area (Å²) in [4.78, 5) is 27.9. The van der Waals surface area contributed by atoms with Crippen LogP contribution in [0.3, 0.4) is 0 Å². The Morgan fingerprint density at radius 3 is 2.38 bits per heavy atom. The lowest BCUT2D eigenvalue weighted by atomic mass is 10.1. The fourth-order valence-corrected chi connectivity index (χ4v) is 3.78. The second-order valence-electron chi connectivity index (χ2n) is 7.87. The number of morpholine rings is 1. The third-order valence-corrected chi connectivity index (χ3v) is 5.36. The minimum atomic E-state index is -0.212. The quantitative estimate of drug-likeness (QED) is 0.614. The zero-order valence-electron chi connectivity index (χ0n) is 18.1. The topological polar surface area (TPSA) is 70.7 Å². The van der Waals surface area contributed by atoms with E-state index < -0.39 is 0 Å². The Balaban J connectivity index is 1.57. The molecule has 6 heteroatoms. The molecule has 1 fully saturated rings. The van der Waals surface area contributed by atoms with E-state index in [0.717, 1.165) is 22.5 Å². The number of benzene rings is 3. The Bertz CT molecular complexity index is 1090. The number of hydrogen-bond acceptors (Lipinski definition) is 4. The molecule has 0 unspecified atom stereocenters. The molecule has 0 spiro atoms. The van der Waals surface area contributed by atoms with Crippen LogP contribution in [0.5, 0.6) is 0 Å². The number of nitrogens with one attached hydrogen (secondary N) is 2. The predicted octanol–water partition coefficient (Wildman–Crippen LogP) is 4.27. The standard InChI is InChI=1S/C26H27N3O3/c1-19-6-5-9-21(16-19)28-26(31)23-18-22(10-11-24(23)29-12-14-32-15-13-29)27-25(30)17-20-7-3-2-4-8-20/h2-11,16,18H,12-15,17H2,1H3,(H,27,30)(H,28,31). The fraction of sp³-hybridized carbons (Fsp3) is 0.231. The van der Waals surface area contributed by atoms with Crippen molar-refractivity contribution in [1.29, 1.82) is 0 Å². The maximum Gasteiger partial charge on any atom is 0.257 e. The molecule has 3 aromatic rings. The summed E-state index contributed by atoms with van der Waals surface area (Å²) in [5.41, 5.74) is 4.69. The van der Waals surface area contributed by atoms with E-state index in [2.05, 4.69) is 15.5 Å². The van der Waals surface area contributed by atoms with Gasteiger partial charge in [0.15, 0.2) is 0 Å². The first-order chi connectivity index (χ1) is 15.6. The highest BCUT2D eigenvalue weighted by atomic mass is 16.5. The Labute approximate surface area is 188 Å². The van der Waals surface area contributed by atoms with E-state index in [-0.39, 0.29) is 18.2 Å². The molecule has 164 valence electrons. The molecule has 0 bridgehead atoms. The summed E-state index contributed by atoms with van der Waals surface area (Å²) in [5.74, 6) is -0.336. The van der Waals surface area contributed by atoms with E-state index >= 15 is 0 Å². The van der Waals surface area contributed by atoms with Gasteiger partial charge in [0.05, 0.1) is 25.2 Å². The van der Waals surface area contributed by atoms with Crippen LogP contribution in [-0.4, -0.2) is 38.1 Å². The highest BCUT2D eigenvalue weighted by Crippen LogP contribution is 2.27. The van der Waals surface area contributed by atoms with E-state index in [9.17, 15) is 9.59 Å². The molecule has 0 saturated carbocycles. The number of amides is 2. The summed E-state index contributed by atoms with van der Waals surface area (Å²) in [5, 5.41) is 5.92. The van der Waals surface area contributed by atoms with Crippen molar-refractivity contribution in [3.05, 3.63) is 89.5 Å². The van der Waals surface area contributed by atoms with Crippen LogP contribution in [0.4, 0.5) is 17.1 Å². The van der Waals surface area contributed by atoms with Crippen molar-refractivity contribution in [3.8, 4) is 0 Å². The molecule has 1 aliphatic rings. The molecule has 0 aromatic heterocycles. The van der Waals surface area contributed by atoms with Crippen LogP contribution in [0, 0.1) is 6.92 Å². The summed E-state index contributed by atoms with van der Waals surface area (Å²) >= 11 is 0. The lowest BCUT2D eigenvalue weighted by molar-refractivity contribution is -0.115. The number of nitrogens with zero attached hydrogens (tertiary/aromatic N) is 1. The van der Waals surface area contributed by atoms with Gasteiger partial charge in [-0.15, -0.1) is 0 Å². The lowest BCUT2D eigenvalue weighted by Gasteiger charge is -2.30. The zero-order chi connectivity index (χ0) is 22.3. The Kier molecular flexibility index (Phi) is 6.82. The highest BCUT2D eigenvalue weighted by molar-refractivity contribution is 6.09. The number of anilines is 3. The number of hydrogen-bond donors (Lipinski definition) is 2. The number of carbonyl (C=O) groups is 2. The molecule has 1 saturated heterocycles. The van der Waals surface area contributed by atoms with Gasteiger partial charge in [-0.2, -0.15) is 0 Å². The van der Waals surface area contributed by atoms with Crippen LogP contribution in [0.2, 0.25) is 0 Å². The summed E-state index contributed by atoms with van der Waals surface area (Å²) < 4.78 is 5.46. The van der Waals surface area contributed by atoms with E-state index in [0.29, 0.717) is 37.6 Å². The van der Waals surface area contributed by atoms with Crippen molar-refractivity contribution < 1.29 is 14.3 Å². The van der Waals surface area contributed by atoms with Gasteiger partial charge in [-0.05, 0) is 48.4 Å². The monoisotopic (exact) mass is 429 g/mol. The third kappa shape index (κ3) is 5.53. The smallest absolute Gasteiger partial charge is 0.257 e. The molecule has 32 heavy (non-hydrogen) atoms. The average Bonchev–Trinajstić information content (AvgIpc) is 2.80. The molecule has 0 atom stereocenters. The van der Waals surface area contributed by atoms with Gasteiger partial charge in [0, 0.05) is 30.2 Å². The minimum absolute atomic E-state index is 0.125. The molecular weight excluding hydrogens is 402 g/mol. The maximum atomic E-state index is 13.2. The van der Waals surface area contributed by atoms with E-state index in [1.807, 2.05) is 73.7 Å². The van der Waals surface area contributed by atoms with Gasteiger partial charge in [0.2, 0.25) is 5.91 Å². The van der Waals surface area contributed by atoms with Gasteiger partial charge in [-0.25, -0.2) is 0 Å². The average molecular weight is 430 g/mol. The van der Waals surface area contributed by atoms with Crippen molar-refractivity contribution in [1.82, 2.24) is 0 Å². The second kappa shape index (κ2) is 10.1. The van der Waals surface area contributed by atoms with Crippen LogP contribution < -0.4 is 15.5 Å². The molecule has 6 nitrogen and oxygen atoms in total. The number of carbonyl (C=O) groups excluding carboxylic acids is 2. The summed E-state index contributed by atoms with van der Waals surface area (Å²) in [6.45, 7) is 4.65.